The fraction of sp³-hybridized carbons (Fsp3) is 0.192. The van der Waals surface area contributed by atoms with E-state index in [-0.39, 0.29) is 6.54 Å². The number of carbonyl (C=O) groups excluding carboxylic acids is 1. The molecular formula is C26H25Cl2N5O4S. The van der Waals surface area contributed by atoms with E-state index in [1.54, 1.807) is 55.2 Å². The van der Waals surface area contributed by atoms with Crippen molar-refractivity contribution in [2.45, 2.75) is 17.5 Å². The van der Waals surface area contributed by atoms with E-state index >= 15 is 0 Å². The molecule has 0 saturated carbocycles. The highest BCUT2D eigenvalue weighted by Crippen LogP contribution is 2.32. The average molecular weight is 574 g/mol. The Bertz CT molecular complexity index is 1430. The Labute approximate surface area is 234 Å². The molecule has 0 aliphatic heterocycles. The molecule has 1 heterocycles. The van der Waals surface area contributed by atoms with Gasteiger partial charge in [0, 0.05) is 16.8 Å². The molecular weight excluding hydrogens is 549 g/mol. The maximum absolute atomic E-state index is 12.7. The number of nitrogens with zero attached hydrogens (tertiary/aromatic N) is 3. The summed E-state index contributed by atoms with van der Waals surface area (Å²) >= 11 is 14.1. The van der Waals surface area contributed by atoms with E-state index < -0.39 is 6.03 Å². The zero-order valence-corrected chi connectivity index (χ0v) is 23.2. The summed E-state index contributed by atoms with van der Waals surface area (Å²) in [5, 5.41) is 15.8. The Morgan fingerprint density at radius 3 is 2.47 bits per heavy atom. The molecule has 9 nitrogen and oxygen atoms in total. The Hall–Kier alpha value is -3.60. The standard InChI is InChI=1S/C26H25Cl2N5O4S/c1-35-18-6-4-5-16(11-18)15-38-26-32-31-24(33(26)22-10-7-17(27)12-20(22)28)14-29-25(34)30-21-9-8-19(36-2)13-23(21)37-3/h4-13H,14-15H2,1-3H3,(H2,29,30,34). The van der Waals surface area contributed by atoms with Crippen molar-refractivity contribution in [1.29, 1.82) is 0 Å². The highest BCUT2D eigenvalue weighted by Gasteiger charge is 2.18. The minimum Gasteiger partial charge on any atom is -0.497 e. The van der Waals surface area contributed by atoms with Crippen molar-refractivity contribution in [2.24, 2.45) is 0 Å². The zero-order chi connectivity index (χ0) is 27.1. The van der Waals surface area contributed by atoms with Crippen molar-refractivity contribution in [3.63, 3.8) is 0 Å². The number of hydrogen-bond donors (Lipinski definition) is 2. The predicted octanol–water partition coefficient (Wildman–Crippen LogP) is 6.21. The van der Waals surface area contributed by atoms with Gasteiger partial charge in [0.2, 0.25) is 0 Å². The molecule has 12 heteroatoms. The van der Waals surface area contributed by atoms with Crippen molar-refractivity contribution in [3.05, 3.63) is 82.1 Å². The van der Waals surface area contributed by atoms with Crippen LogP contribution in [0.25, 0.3) is 5.69 Å². The van der Waals surface area contributed by atoms with Crippen molar-refractivity contribution >= 4 is 46.7 Å². The summed E-state index contributed by atoms with van der Waals surface area (Å²) in [6.45, 7) is 0.0793. The quantitative estimate of drug-likeness (QED) is 0.217. The first kappa shape index (κ1) is 27.4. The van der Waals surface area contributed by atoms with Gasteiger partial charge in [0.1, 0.15) is 17.2 Å². The number of rotatable bonds is 10. The normalized spacial score (nSPS) is 10.7. The summed E-state index contributed by atoms with van der Waals surface area (Å²) in [6.07, 6.45) is 0. The second-order valence-electron chi connectivity index (χ2n) is 7.84. The number of ether oxygens (including phenoxy) is 3. The molecule has 0 radical (unpaired) electrons. The lowest BCUT2D eigenvalue weighted by Crippen LogP contribution is -2.29. The summed E-state index contributed by atoms with van der Waals surface area (Å²) < 4.78 is 17.7. The minimum atomic E-state index is -0.448. The molecule has 38 heavy (non-hydrogen) atoms. The van der Waals surface area contributed by atoms with Crippen molar-refractivity contribution in [1.82, 2.24) is 20.1 Å². The summed E-state index contributed by atoms with van der Waals surface area (Å²) in [6, 6.07) is 17.6. The van der Waals surface area contributed by atoms with E-state index in [0.717, 1.165) is 11.3 Å². The lowest BCUT2D eigenvalue weighted by molar-refractivity contribution is 0.251. The van der Waals surface area contributed by atoms with E-state index in [4.69, 9.17) is 37.4 Å². The number of carbonyl (C=O) groups is 1. The lowest BCUT2D eigenvalue weighted by atomic mass is 10.2. The van der Waals surface area contributed by atoms with Gasteiger partial charge in [-0.25, -0.2) is 4.79 Å². The van der Waals surface area contributed by atoms with Crippen LogP contribution >= 0.6 is 35.0 Å². The van der Waals surface area contributed by atoms with Gasteiger partial charge in [-0.2, -0.15) is 0 Å². The van der Waals surface area contributed by atoms with Gasteiger partial charge in [-0.15, -0.1) is 10.2 Å². The van der Waals surface area contributed by atoms with Gasteiger partial charge in [0.05, 0.1) is 44.3 Å². The Balaban J connectivity index is 1.54. The highest BCUT2D eigenvalue weighted by molar-refractivity contribution is 7.98. The van der Waals surface area contributed by atoms with Crippen LogP contribution in [0.3, 0.4) is 0 Å². The zero-order valence-electron chi connectivity index (χ0n) is 20.8. The van der Waals surface area contributed by atoms with Gasteiger partial charge in [0.15, 0.2) is 11.0 Å². The van der Waals surface area contributed by atoms with E-state index in [2.05, 4.69) is 20.8 Å². The molecule has 0 aliphatic carbocycles. The number of anilines is 1. The number of halogens is 2. The van der Waals surface area contributed by atoms with E-state index in [1.807, 2.05) is 24.3 Å². The molecule has 198 valence electrons. The van der Waals surface area contributed by atoms with Crippen LogP contribution in [0.4, 0.5) is 10.5 Å². The van der Waals surface area contributed by atoms with Gasteiger partial charge in [-0.3, -0.25) is 4.57 Å². The molecule has 3 aromatic carbocycles. The maximum Gasteiger partial charge on any atom is 0.319 e. The van der Waals surface area contributed by atoms with Crippen LogP contribution < -0.4 is 24.8 Å². The van der Waals surface area contributed by atoms with Crippen LogP contribution in [-0.4, -0.2) is 42.1 Å². The number of urea groups is 1. The Morgan fingerprint density at radius 1 is 0.947 bits per heavy atom. The summed E-state index contributed by atoms with van der Waals surface area (Å²) in [5.41, 5.74) is 2.18. The van der Waals surface area contributed by atoms with Crippen LogP contribution in [0.1, 0.15) is 11.4 Å². The van der Waals surface area contributed by atoms with Crippen LogP contribution in [0.5, 0.6) is 17.2 Å². The lowest BCUT2D eigenvalue weighted by Gasteiger charge is -2.14. The minimum absolute atomic E-state index is 0.0793. The smallest absolute Gasteiger partial charge is 0.319 e. The van der Waals surface area contributed by atoms with Gasteiger partial charge in [0.25, 0.3) is 0 Å². The van der Waals surface area contributed by atoms with Crippen LogP contribution in [0, 0.1) is 0 Å². The van der Waals surface area contributed by atoms with Crippen molar-refractivity contribution in [3.8, 4) is 22.9 Å². The summed E-state index contributed by atoms with van der Waals surface area (Å²) in [4.78, 5) is 12.7. The summed E-state index contributed by atoms with van der Waals surface area (Å²) in [7, 11) is 4.70. The fourth-order valence-corrected chi connectivity index (χ4v) is 4.95. The number of methoxy groups -OCH3 is 3. The van der Waals surface area contributed by atoms with E-state index in [9.17, 15) is 4.79 Å². The molecule has 0 saturated heterocycles. The van der Waals surface area contributed by atoms with Crippen molar-refractivity contribution < 1.29 is 19.0 Å². The molecule has 0 spiro atoms. The van der Waals surface area contributed by atoms with Crippen LogP contribution in [-0.2, 0) is 12.3 Å². The SMILES string of the molecule is COc1cccc(CSc2nnc(CNC(=O)Nc3ccc(OC)cc3OC)n2-c2ccc(Cl)cc2Cl)c1. The average Bonchev–Trinajstić information content (AvgIpc) is 3.33. The molecule has 2 N–H and O–H groups in total. The van der Waals surface area contributed by atoms with Gasteiger partial charge in [-0.05, 0) is 48.0 Å². The van der Waals surface area contributed by atoms with Crippen LogP contribution in [0.15, 0.2) is 65.8 Å². The molecule has 0 aliphatic rings. The predicted molar refractivity (Wildman–Crippen MR) is 149 cm³/mol. The van der Waals surface area contributed by atoms with E-state index in [1.165, 1.54) is 18.9 Å². The van der Waals surface area contributed by atoms with Gasteiger partial charge in [-0.1, -0.05) is 47.1 Å². The molecule has 0 bridgehead atoms. The summed E-state index contributed by atoms with van der Waals surface area (Å²) in [5.74, 6) is 2.95. The molecule has 0 fully saturated rings. The molecule has 0 atom stereocenters. The molecule has 2 amide bonds. The first-order valence-corrected chi connectivity index (χ1v) is 13.1. The number of benzene rings is 3. The second-order valence-corrected chi connectivity index (χ2v) is 9.63. The number of nitrogens with one attached hydrogen (secondary N) is 2. The number of amides is 2. The molecule has 1 aromatic heterocycles. The van der Waals surface area contributed by atoms with Crippen molar-refractivity contribution in [2.75, 3.05) is 26.6 Å². The molecule has 0 unspecified atom stereocenters. The molecule has 4 aromatic rings. The fourth-order valence-electron chi connectivity index (χ4n) is 3.55. The van der Waals surface area contributed by atoms with Gasteiger partial charge >= 0.3 is 6.03 Å². The third-order valence-corrected chi connectivity index (χ3v) is 6.95. The third kappa shape index (κ3) is 6.63. The Kier molecular flexibility index (Phi) is 9.22. The van der Waals surface area contributed by atoms with Gasteiger partial charge < -0.3 is 24.8 Å². The highest BCUT2D eigenvalue weighted by atomic mass is 35.5. The Morgan fingerprint density at radius 2 is 1.74 bits per heavy atom. The molecule has 4 rings (SSSR count). The number of thioether (sulfide) groups is 1. The topological polar surface area (TPSA) is 99.5 Å². The number of aromatic nitrogens is 3. The van der Waals surface area contributed by atoms with E-state index in [0.29, 0.717) is 49.7 Å². The van der Waals surface area contributed by atoms with Crippen LogP contribution in [0.2, 0.25) is 10.0 Å². The maximum atomic E-state index is 12.7. The first-order chi connectivity index (χ1) is 18.4. The first-order valence-electron chi connectivity index (χ1n) is 11.3. The monoisotopic (exact) mass is 573 g/mol. The second kappa shape index (κ2) is 12.8. The largest absolute Gasteiger partial charge is 0.497 e. The number of hydrogen-bond acceptors (Lipinski definition) is 7. The third-order valence-electron chi connectivity index (χ3n) is 5.42.